The molecule has 0 radical (unpaired) electrons. The van der Waals surface area contributed by atoms with Crippen LogP contribution in [-0.4, -0.2) is 87.7 Å². The van der Waals surface area contributed by atoms with E-state index in [-0.39, 0.29) is 29.4 Å². The molecule has 1 saturated carbocycles. The molecular weight excluding hydrogens is 612 g/mol. The molecule has 11 heteroatoms. The van der Waals surface area contributed by atoms with Crippen molar-refractivity contribution in [1.82, 2.24) is 13.9 Å². The Morgan fingerprint density at radius 2 is 2.00 bits per heavy atom. The van der Waals surface area contributed by atoms with Gasteiger partial charge in [0, 0.05) is 48.2 Å². The molecule has 6 rings (SSSR count). The number of hydrogen-bond acceptors (Lipinski definition) is 7. The third-order valence-corrected chi connectivity index (χ3v) is 12.1. The van der Waals surface area contributed by atoms with Crippen LogP contribution in [0, 0.1) is 11.8 Å². The van der Waals surface area contributed by atoms with Crippen molar-refractivity contribution in [2.24, 2.45) is 11.8 Å². The van der Waals surface area contributed by atoms with E-state index in [1.807, 2.05) is 44.1 Å². The van der Waals surface area contributed by atoms with Crippen LogP contribution in [-0.2, 0) is 22.0 Å². The van der Waals surface area contributed by atoms with Gasteiger partial charge in [0.05, 0.1) is 18.4 Å². The summed E-state index contributed by atoms with van der Waals surface area (Å²) in [6, 6.07) is 11.0. The van der Waals surface area contributed by atoms with Crippen LogP contribution in [0.3, 0.4) is 0 Å². The van der Waals surface area contributed by atoms with Crippen molar-refractivity contribution in [2.75, 3.05) is 51.8 Å². The first-order chi connectivity index (χ1) is 21.5. The molecule has 0 aromatic heterocycles. The van der Waals surface area contributed by atoms with Crippen molar-refractivity contribution in [1.29, 1.82) is 0 Å². The third kappa shape index (κ3) is 6.63. The van der Waals surface area contributed by atoms with Gasteiger partial charge in [0.2, 0.25) is 0 Å². The fourth-order valence-corrected chi connectivity index (χ4v) is 9.14. The molecule has 244 valence electrons. The first kappa shape index (κ1) is 32.3. The van der Waals surface area contributed by atoms with Gasteiger partial charge in [-0.2, -0.15) is 12.7 Å². The van der Waals surface area contributed by atoms with Crippen molar-refractivity contribution in [2.45, 2.75) is 63.0 Å². The van der Waals surface area contributed by atoms with E-state index in [9.17, 15) is 18.3 Å². The summed E-state index contributed by atoms with van der Waals surface area (Å²) in [6.07, 6.45) is 8.40. The largest absolute Gasteiger partial charge is 0.490 e. The molecule has 9 nitrogen and oxygen atoms in total. The number of aliphatic hydroxyl groups excluding tert-OH is 1. The smallest absolute Gasteiger partial charge is 0.304 e. The number of carbonyl (C=O) groups is 1. The van der Waals surface area contributed by atoms with E-state index in [2.05, 4.69) is 21.8 Å². The molecule has 1 unspecified atom stereocenters. The number of carbonyl (C=O) groups excluding carboxylic acids is 1. The van der Waals surface area contributed by atoms with Crippen LogP contribution in [0.2, 0.25) is 5.02 Å². The predicted octanol–water partition coefficient (Wildman–Crippen LogP) is 4.39. The second kappa shape index (κ2) is 12.9. The normalized spacial score (nSPS) is 30.8. The predicted molar refractivity (Wildman–Crippen MR) is 177 cm³/mol. The number of hydrogen-bond donors (Lipinski definition) is 2. The Kier molecular flexibility index (Phi) is 9.24. The quantitative estimate of drug-likeness (QED) is 0.473. The van der Waals surface area contributed by atoms with Crippen molar-refractivity contribution in [3.05, 3.63) is 70.3 Å². The number of aliphatic hydroxyl groups is 1. The summed E-state index contributed by atoms with van der Waals surface area (Å²) in [4.78, 5) is 17.8. The number of halogens is 1. The third-order valence-electron chi connectivity index (χ3n) is 10.3. The first-order valence-electron chi connectivity index (χ1n) is 16.1. The number of ether oxygens (including phenoxy) is 1. The fraction of sp³-hybridized carbons (Fsp3) is 0.559. The van der Waals surface area contributed by atoms with Crippen LogP contribution >= 0.6 is 11.6 Å². The molecule has 1 fully saturated rings. The molecule has 0 saturated heterocycles. The second-order valence-corrected chi connectivity index (χ2v) is 15.7. The standard InChI is InChI=1S/C34H45ClN4O5S/c1-23-6-4-8-31(40)28-12-9-26(28)20-38-21-34(15-5-7-24-18-27(35)11-13-29(24)34)22-44-32-14-10-25(19-30(32)38)33(41)36-45(42,43)39(23)17-16-37(2)3/h4,8,10-11,13-14,18-19,23,26,28,31,40H,5-7,9,12,15-17,20-22H2,1-3H3,(H,36,41)/b8-4+/t23-,26-,28+,31?,34-/m0/s1. The summed E-state index contributed by atoms with van der Waals surface area (Å²) >= 11 is 6.40. The molecular formula is C34H45ClN4O5S. The Morgan fingerprint density at radius 3 is 2.76 bits per heavy atom. The Hall–Kier alpha value is -2.63. The average molecular weight is 657 g/mol. The molecule has 2 aliphatic heterocycles. The average Bonchev–Trinajstić information content (AvgIpc) is 3.11. The number of anilines is 1. The van der Waals surface area contributed by atoms with Gasteiger partial charge in [0.1, 0.15) is 5.75 Å². The van der Waals surface area contributed by atoms with Gasteiger partial charge in [-0.25, -0.2) is 4.72 Å². The molecule has 2 bridgehead atoms. The van der Waals surface area contributed by atoms with Gasteiger partial charge in [-0.05, 0) is 113 Å². The maximum atomic E-state index is 13.6. The van der Waals surface area contributed by atoms with Crippen molar-refractivity contribution >= 4 is 33.4 Å². The van der Waals surface area contributed by atoms with E-state index < -0.39 is 28.3 Å². The summed E-state index contributed by atoms with van der Waals surface area (Å²) in [7, 11) is -0.399. The lowest BCUT2D eigenvalue weighted by Crippen LogP contribution is -2.50. The molecule has 2 N–H and O–H groups in total. The summed E-state index contributed by atoms with van der Waals surface area (Å²) in [5, 5.41) is 12.0. The highest BCUT2D eigenvalue weighted by Crippen LogP contribution is 2.46. The van der Waals surface area contributed by atoms with Crippen LogP contribution in [0.5, 0.6) is 5.75 Å². The van der Waals surface area contributed by atoms with Gasteiger partial charge in [0.25, 0.3) is 5.91 Å². The van der Waals surface area contributed by atoms with Crippen molar-refractivity contribution < 1.29 is 23.1 Å². The molecule has 2 aromatic carbocycles. The molecule has 2 aromatic rings. The molecule has 2 aliphatic carbocycles. The van der Waals surface area contributed by atoms with Crippen LogP contribution in [0.1, 0.15) is 60.5 Å². The van der Waals surface area contributed by atoms with E-state index in [0.717, 1.165) is 42.8 Å². The summed E-state index contributed by atoms with van der Waals surface area (Å²) < 4.78 is 37.5. The number of nitrogens with zero attached hydrogens (tertiary/aromatic N) is 3. The molecule has 5 atom stereocenters. The SMILES string of the molecule is C[C@H]1C/C=C/C(O)[C@@H]2CC[C@H]2CN2C[C@@]3(CCCc4cc(Cl)ccc43)COc3ccc(cc32)C(=O)NS(=O)(=O)N1CCN(C)C. The van der Waals surface area contributed by atoms with Gasteiger partial charge in [-0.3, -0.25) is 4.79 Å². The number of likely N-dealkylation sites (N-methyl/N-ethyl adjacent to an activating group) is 1. The minimum atomic E-state index is -4.16. The Bertz CT molecular complexity index is 1570. The molecule has 2 heterocycles. The number of amides is 1. The monoisotopic (exact) mass is 656 g/mol. The molecule has 4 aliphatic rings. The van der Waals surface area contributed by atoms with Crippen molar-refractivity contribution in [3.63, 3.8) is 0 Å². The number of fused-ring (bicyclic) bond motifs is 4. The van der Waals surface area contributed by atoms with E-state index in [4.69, 9.17) is 16.3 Å². The lowest BCUT2D eigenvalue weighted by molar-refractivity contribution is 0.0455. The minimum Gasteiger partial charge on any atom is -0.490 e. The van der Waals surface area contributed by atoms with Crippen LogP contribution in [0.15, 0.2) is 48.6 Å². The molecule has 1 amide bonds. The lowest BCUT2D eigenvalue weighted by atomic mass is 9.68. The maximum Gasteiger partial charge on any atom is 0.304 e. The zero-order valence-electron chi connectivity index (χ0n) is 26.4. The van der Waals surface area contributed by atoms with E-state index in [1.165, 1.54) is 15.4 Å². The highest BCUT2D eigenvalue weighted by atomic mass is 35.5. The first-order valence-corrected chi connectivity index (χ1v) is 17.9. The summed E-state index contributed by atoms with van der Waals surface area (Å²) in [6.45, 7) is 4.42. The lowest BCUT2D eigenvalue weighted by Gasteiger charge is -2.45. The second-order valence-electron chi connectivity index (χ2n) is 13.6. The van der Waals surface area contributed by atoms with Gasteiger partial charge in [-0.1, -0.05) is 29.8 Å². The number of benzene rings is 2. The highest BCUT2D eigenvalue weighted by Gasteiger charge is 2.44. The number of nitrogens with one attached hydrogen (secondary N) is 1. The van der Waals surface area contributed by atoms with Crippen LogP contribution in [0.25, 0.3) is 0 Å². The van der Waals surface area contributed by atoms with Gasteiger partial charge in [0.15, 0.2) is 0 Å². The summed E-state index contributed by atoms with van der Waals surface area (Å²) in [5.74, 6) is 0.369. The fourth-order valence-electron chi connectivity index (χ4n) is 7.60. The Labute approximate surface area is 272 Å². The van der Waals surface area contributed by atoms with E-state index in [0.29, 0.717) is 38.4 Å². The van der Waals surface area contributed by atoms with E-state index >= 15 is 0 Å². The van der Waals surface area contributed by atoms with Gasteiger partial charge in [-0.15, -0.1) is 0 Å². The zero-order chi connectivity index (χ0) is 31.9. The maximum absolute atomic E-state index is 13.6. The van der Waals surface area contributed by atoms with Gasteiger partial charge < -0.3 is 19.6 Å². The van der Waals surface area contributed by atoms with E-state index in [1.54, 1.807) is 18.2 Å². The highest BCUT2D eigenvalue weighted by molar-refractivity contribution is 7.87. The Balaban J connectivity index is 1.40. The molecule has 45 heavy (non-hydrogen) atoms. The minimum absolute atomic E-state index is 0.102. The van der Waals surface area contributed by atoms with Crippen LogP contribution in [0.4, 0.5) is 5.69 Å². The topological polar surface area (TPSA) is 102 Å². The number of rotatable bonds is 3. The summed E-state index contributed by atoms with van der Waals surface area (Å²) in [5.41, 5.74) is 3.26. The van der Waals surface area contributed by atoms with Crippen molar-refractivity contribution in [3.8, 4) is 5.75 Å². The molecule has 1 spiro atoms. The zero-order valence-corrected chi connectivity index (χ0v) is 28.0. The van der Waals surface area contributed by atoms with Gasteiger partial charge >= 0.3 is 10.2 Å². The number of aryl methyl sites for hydroxylation is 1. The van der Waals surface area contributed by atoms with Crippen LogP contribution < -0.4 is 14.4 Å². The Morgan fingerprint density at radius 1 is 1.18 bits per heavy atom.